The molecule has 38 heavy (non-hydrogen) atoms. The molecule has 0 heterocycles. The lowest BCUT2D eigenvalue weighted by molar-refractivity contribution is -0.145. The van der Waals surface area contributed by atoms with E-state index in [2.05, 4.69) is 10.4 Å². The minimum atomic E-state index is -0.836. The summed E-state index contributed by atoms with van der Waals surface area (Å²) in [5.41, 5.74) is 2.37. The summed E-state index contributed by atoms with van der Waals surface area (Å²) in [7, 11) is 1.58. The van der Waals surface area contributed by atoms with E-state index in [9.17, 15) is 14.4 Å². The zero-order valence-electron chi connectivity index (χ0n) is 21.1. The molecule has 3 aromatic carbocycles. The predicted molar refractivity (Wildman–Crippen MR) is 146 cm³/mol. The number of hydrogen-bond donors (Lipinski definition) is 2. The number of hydrogen-bond acceptors (Lipinski definition) is 8. The molecule has 0 saturated carbocycles. The molecule has 1 amide bonds. The number of nitrogens with two attached hydrogens (primary N) is 1. The number of hydrazone groups is 1. The molecule has 0 bridgehead atoms. The van der Waals surface area contributed by atoms with Crippen molar-refractivity contribution in [2.45, 2.75) is 19.4 Å². The normalized spacial score (nSPS) is 11.2. The second-order valence-corrected chi connectivity index (χ2v) is 7.96. The monoisotopic (exact) mass is 539 g/mol. The number of carbonyl (C=O) groups excluding carboxylic acids is 3. The van der Waals surface area contributed by atoms with E-state index in [1.807, 2.05) is 12.1 Å². The summed E-state index contributed by atoms with van der Waals surface area (Å²) in [6, 6.07) is 19.5. The van der Waals surface area contributed by atoms with Gasteiger partial charge in [0.15, 0.2) is 12.4 Å². The minimum Gasteiger partial charge on any atom is -0.497 e. The number of ketones is 1. The quantitative estimate of drug-likeness (QED) is 0.118. The van der Waals surface area contributed by atoms with E-state index in [1.54, 1.807) is 74.7 Å². The summed E-state index contributed by atoms with van der Waals surface area (Å²) in [4.78, 5) is 38.0. The Morgan fingerprint density at radius 2 is 1.53 bits per heavy atom. The first-order valence-electron chi connectivity index (χ1n) is 11.6. The molecule has 0 unspecified atom stereocenters. The number of ether oxygens (including phenoxy) is 3. The summed E-state index contributed by atoms with van der Waals surface area (Å²) in [6.45, 7) is 1.75. The van der Waals surface area contributed by atoms with Gasteiger partial charge in [-0.1, -0.05) is 24.3 Å². The van der Waals surface area contributed by atoms with Gasteiger partial charge in [-0.05, 0) is 66.6 Å². The van der Waals surface area contributed by atoms with Crippen LogP contribution in [0.25, 0.3) is 0 Å². The Labute approximate surface area is 227 Å². The van der Waals surface area contributed by atoms with E-state index in [0.29, 0.717) is 22.6 Å². The number of carbonyl (C=O) groups is 3. The molecule has 0 aromatic heterocycles. The highest BCUT2D eigenvalue weighted by Crippen LogP contribution is 2.18. The molecule has 3 aromatic rings. The smallest absolute Gasteiger partial charge is 0.344 e. The van der Waals surface area contributed by atoms with Crippen molar-refractivity contribution in [3.63, 3.8) is 0 Å². The van der Waals surface area contributed by atoms with Gasteiger partial charge in [-0.2, -0.15) is 5.10 Å². The van der Waals surface area contributed by atoms with Gasteiger partial charge >= 0.3 is 5.97 Å². The van der Waals surface area contributed by atoms with Crippen LogP contribution in [-0.2, 0) is 16.0 Å². The van der Waals surface area contributed by atoms with Crippen molar-refractivity contribution in [2.75, 3.05) is 20.3 Å². The molecule has 0 saturated heterocycles. The van der Waals surface area contributed by atoms with Gasteiger partial charge in [-0.15, -0.1) is 12.4 Å². The second kappa shape index (κ2) is 15.0. The standard InChI is InChI=1S/C28H29N3O6.ClH/c1-3-36-26(32)18-37-24-14-10-21(11-15-24)27(33)25(16-19-6-12-23(35-2)13-7-19)31-28(34)22-8-4-20(5-9-22)17-30-29;/h4-15,17,25H,3,16,18,29H2,1-2H3,(H,31,34);1H/t25-;/m0./s1. The fraction of sp³-hybridized carbons (Fsp3) is 0.214. The first-order chi connectivity index (χ1) is 17.9. The second-order valence-electron chi connectivity index (χ2n) is 7.96. The topological polar surface area (TPSA) is 129 Å². The van der Waals surface area contributed by atoms with Gasteiger partial charge in [0.2, 0.25) is 0 Å². The van der Waals surface area contributed by atoms with Gasteiger partial charge in [0.05, 0.1) is 26.0 Å². The lowest BCUT2D eigenvalue weighted by Gasteiger charge is -2.19. The third-order valence-electron chi connectivity index (χ3n) is 5.42. The van der Waals surface area contributed by atoms with Gasteiger partial charge in [-0.3, -0.25) is 9.59 Å². The van der Waals surface area contributed by atoms with Gasteiger partial charge in [0, 0.05) is 17.5 Å². The van der Waals surface area contributed by atoms with Crippen LogP contribution in [0.3, 0.4) is 0 Å². The summed E-state index contributed by atoms with van der Waals surface area (Å²) in [6.07, 6.45) is 1.74. The van der Waals surface area contributed by atoms with Crippen molar-refractivity contribution < 1.29 is 28.6 Å². The molecule has 0 fully saturated rings. The molecular formula is C28H30ClN3O6. The SMILES string of the molecule is CCOC(=O)COc1ccc(C(=O)[C@H](Cc2ccc(OC)cc2)NC(=O)c2ccc(C=NN)cc2)cc1.Cl. The Morgan fingerprint density at radius 1 is 0.921 bits per heavy atom. The molecule has 0 radical (unpaired) electrons. The largest absolute Gasteiger partial charge is 0.497 e. The Morgan fingerprint density at radius 3 is 2.11 bits per heavy atom. The van der Waals surface area contributed by atoms with Crippen molar-refractivity contribution >= 4 is 36.3 Å². The van der Waals surface area contributed by atoms with Gasteiger partial charge < -0.3 is 25.4 Å². The van der Waals surface area contributed by atoms with E-state index in [0.717, 1.165) is 11.1 Å². The number of esters is 1. The van der Waals surface area contributed by atoms with Crippen LogP contribution in [0.5, 0.6) is 11.5 Å². The highest BCUT2D eigenvalue weighted by atomic mass is 35.5. The summed E-state index contributed by atoms with van der Waals surface area (Å²) in [5.74, 6) is 5.14. The molecule has 10 heteroatoms. The van der Waals surface area contributed by atoms with Crippen molar-refractivity contribution in [3.05, 3.63) is 95.1 Å². The molecule has 0 aliphatic rings. The predicted octanol–water partition coefficient (Wildman–Crippen LogP) is 3.58. The van der Waals surface area contributed by atoms with E-state index in [1.165, 1.54) is 6.21 Å². The number of amides is 1. The zero-order valence-corrected chi connectivity index (χ0v) is 21.9. The minimum absolute atomic E-state index is 0. The maximum atomic E-state index is 13.5. The van der Waals surface area contributed by atoms with E-state index in [-0.39, 0.29) is 37.8 Å². The fourth-order valence-corrected chi connectivity index (χ4v) is 3.52. The van der Waals surface area contributed by atoms with Crippen LogP contribution in [0.15, 0.2) is 77.9 Å². The highest BCUT2D eigenvalue weighted by molar-refractivity contribution is 6.04. The average molecular weight is 540 g/mol. The molecule has 3 rings (SSSR count). The lowest BCUT2D eigenvalue weighted by atomic mass is 9.97. The highest BCUT2D eigenvalue weighted by Gasteiger charge is 2.23. The summed E-state index contributed by atoms with van der Waals surface area (Å²) >= 11 is 0. The Hall–Kier alpha value is -4.37. The lowest BCUT2D eigenvalue weighted by Crippen LogP contribution is -2.42. The molecule has 0 spiro atoms. The number of nitrogens with zero attached hydrogens (tertiary/aromatic N) is 1. The number of Topliss-reactive ketones (excluding diaryl/α,β-unsaturated/α-hetero) is 1. The van der Waals surface area contributed by atoms with Crippen molar-refractivity contribution in [3.8, 4) is 11.5 Å². The van der Waals surface area contributed by atoms with Crippen LogP contribution >= 0.6 is 12.4 Å². The Bertz CT molecular complexity index is 1230. The average Bonchev–Trinajstić information content (AvgIpc) is 2.92. The molecule has 0 aliphatic carbocycles. The van der Waals surface area contributed by atoms with Gasteiger partial charge in [0.25, 0.3) is 5.91 Å². The van der Waals surface area contributed by atoms with Crippen LogP contribution in [0.1, 0.15) is 38.8 Å². The Balaban J connectivity index is 0.00000507. The van der Waals surface area contributed by atoms with Gasteiger partial charge in [-0.25, -0.2) is 4.79 Å². The third-order valence-corrected chi connectivity index (χ3v) is 5.42. The van der Waals surface area contributed by atoms with Crippen LogP contribution < -0.4 is 20.6 Å². The number of benzene rings is 3. The molecule has 0 aliphatic heterocycles. The van der Waals surface area contributed by atoms with Crippen LogP contribution in [-0.4, -0.2) is 50.2 Å². The van der Waals surface area contributed by atoms with Gasteiger partial charge in [0.1, 0.15) is 11.5 Å². The number of nitrogens with one attached hydrogen (secondary N) is 1. The number of methoxy groups -OCH3 is 1. The van der Waals surface area contributed by atoms with Crippen LogP contribution in [0, 0.1) is 0 Å². The van der Waals surface area contributed by atoms with E-state index >= 15 is 0 Å². The van der Waals surface area contributed by atoms with Crippen molar-refractivity contribution in [2.24, 2.45) is 10.9 Å². The summed E-state index contributed by atoms with van der Waals surface area (Å²) in [5, 5.41) is 6.33. The van der Waals surface area contributed by atoms with E-state index in [4.69, 9.17) is 20.1 Å². The third kappa shape index (κ3) is 8.63. The van der Waals surface area contributed by atoms with Crippen molar-refractivity contribution in [1.82, 2.24) is 5.32 Å². The van der Waals surface area contributed by atoms with Crippen LogP contribution in [0.4, 0.5) is 0 Å². The molecular weight excluding hydrogens is 510 g/mol. The maximum absolute atomic E-state index is 13.5. The molecule has 9 nitrogen and oxygen atoms in total. The maximum Gasteiger partial charge on any atom is 0.344 e. The molecule has 200 valence electrons. The summed E-state index contributed by atoms with van der Waals surface area (Å²) < 4.78 is 15.4. The first kappa shape index (κ1) is 29.9. The first-order valence-corrected chi connectivity index (χ1v) is 11.6. The molecule has 1 atom stereocenters. The fourth-order valence-electron chi connectivity index (χ4n) is 3.52. The Kier molecular flexibility index (Phi) is 11.8. The molecule has 3 N–H and O–H groups in total. The van der Waals surface area contributed by atoms with Crippen molar-refractivity contribution in [1.29, 1.82) is 0 Å². The van der Waals surface area contributed by atoms with Crippen LogP contribution in [0.2, 0.25) is 0 Å². The van der Waals surface area contributed by atoms with E-state index < -0.39 is 17.9 Å². The number of rotatable bonds is 12. The zero-order chi connectivity index (χ0) is 26.6. The number of halogens is 1.